The molecule has 0 spiro atoms. The van der Waals surface area contributed by atoms with Crippen LogP contribution < -0.4 is 5.32 Å². The first-order valence-electron chi connectivity index (χ1n) is 9.46. The van der Waals surface area contributed by atoms with E-state index in [-0.39, 0.29) is 17.7 Å². The Kier molecular flexibility index (Phi) is 6.66. The predicted molar refractivity (Wildman–Crippen MR) is 109 cm³/mol. The number of likely N-dealkylation sites (tertiary alicyclic amines) is 1. The number of unbranched alkanes of at least 4 members (excludes halogenated alkanes) is 1. The number of hydrogen-bond acceptors (Lipinski definition) is 3. The molecule has 144 valence electrons. The number of benzene rings is 1. The number of piperidine rings is 1. The van der Waals surface area contributed by atoms with E-state index in [9.17, 15) is 9.59 Å². The molecule has 1 fully saturated rings. The van der Waals surface area contributed by atoms with Gasteiger partial charge in [0, 0.05) is 41.7 Å². The Labute approximate surface area is 168 Å². The highest BCUT2D eigenvalue weighted by atomic mass is 79.9. The van der Waals surface area contributed by atoms with Crippen molar-refractivity contribution in [1.29, 1.82) is 0 Å². The number of hydrogen-bond donors (Lipinski definition) is 1. The van der Waals surface area contributed by atoms with Crippen molar-refractivity contribution in [2.45, 2.75) is 39.2 Å². The van der Waals surface area contributed by atoms with E-state index in [1.54, 1.807) is 6.20 Å². The van der Waals surface area contributed by atoms with Crippen LogP contribution in [0.5, 0.6) is 0 Å². The molecule has 0 aliphatic carbocycles. The lowest BCUT2D eigenvalue weighted by atomic mass is 9.95. The van der Waals surface area contributed by atoms with Crippen molar-refractivity contribution in [2.24, 2.45) is 5.92 Å². The highest BCUT2D eigenvalue weighted by Crippen LogP contribution is 2.22. The van der Waals surface area contributed by atoms with Crippen LogP contribution in [-0.2, 0) is 11.3 Å². The normalized spacial score (nSPS) is 15.0. The second-order valence-electron chi connectivity index (χ2n) is 6.86. The number of amides is 2. The first-order chi connectivity index (χ1) is 13.1. The first-order valence-corrected chi connectivity index (χ1v) is 10.2. The highest BCUT2D eigenvalue weighted by Gasteiger charge is 2.28. The molecule has 0 radical (unpaired) electrons. The number of rotatable bonds is 6. The molecule has 1 aromatic carbocycles. The maximum atomic E-state index is 12.6. The summed E-state index contributed by atoms with van der Waals surface area (Å²) in [5.41, 5.74) is 0.681. The number of aromatic nitrogens is 2. The minimum absolute atomic E-state index is 0.0176. The van der Waals surface area contributed by atoms with Crippen molar-refractivity contribution in [3.8, 4) is 0 Å². The van der Waals surface area contributed by atoms with Crippen molar-refractivity contribution in [3.63, 3.8) is 0 Å². The zero-order valence-corrected chi connectivity index (χ0v) is 17.1. The molecule has 27 heavy (non-hydrogen) atoms. The molecule has 3 rings (SSSR count). The zero-order valence-electron chi connectivity index (χ0n) is 15.5. The van der Waals surface area contributed by atoms with Crippen LogP contribution in [-0.4, -0.2) is 39.6 Å². The molecule has 0 atom stereocenters. The van der Waals surface area contributed by atoms with Gasteiger partial charge in [-0.2, -0.15) is 5.10 Å². The second kappa shape index (κ2) is 9.17. The molecule has 7 heteroatoms. The van der Waals surface area contributed by atoms with Gasteiger partial charge in [-0.15, -0.1) is 0 Å². The summed E-state index contributed by atoms with van der Waals surface area (Å²) >= 11 is 3.38. The third kappa shape index (κ3) is 4.97. The standard InChI is InChI=1S/C20H25BrN4O2/c1-2-3-12-25-18(8-11-22-25)23-19(26)15-9-13-24(14-10-15)20(27)16-4-6-17(21)7-5-16/h4-8,11,15H,2-3,9-10,12-14H2,1H3,(H,23,26). The molecule has 2 heterocycles. The third-order valence-electron chi connectivity index (χ3n) is 4.94. The lowest BCUT2D eigenvalue weighted by molar-refractivity contribution is -0.121. The Balaban J connectivity index is 1.53. The van der Waals surface area contributed by atoms with Gasteiger partial charge in [0.25, 0.3) is 5.91 Å². The van der Waals surface area contributed by atoms with Crippen LogP contribution >= 0.6 is 15.9 Å². The van der Waals surface area contributed by atoms with Crippen molar-refractivity contribution in [2.75, 3.05) is 18.4 Å². The van der Waals surface area contributed by atoms with Crippen LogP contribution in [0.3, 0.4) is 0 Å². The second-order valence-corrected chi connectivity index (χ2v) is 7.77. The van der Waals surface area contributed by atoms with Gasteiger partial charge in [0.15, 0.2) is 0 Å². The lowest BCUT2D eigenvalue weighted by Gasteiger charge is -2.31. The molecule has 0 saturated carbocycles. The van der Waals surface area contributed by atoms with Crippen LogP contribution in [0.1, 0.15) is 43.0 Å². The number of carbonyl (C=O) groups is 2. The summed E-state index contributed by atoms with van der Waals surface area (Å²) in [5, 5.41) is 7.28. The van der Waals surface area contributed by atoms with Gasteiger partial charge < -0.3 is 10.2 Å². The minimum Gasteiger partial charge on any atom is -0.339 e. The summed E-state index contributed by atoms with van der Waals surface area (Å²) < 4.78 is 2.79. The Bertz CT molecular complexity index is 780. The lowest BCUT2D eigenvalue weighted by Crippen LogP contribution is -2.41. The number of halogens is 1. The zero-order chi connectivity index (χ0) is 19.2. The molecule has 0 bridgehead atoms. The van der Waals surface area contributed by atoms with Crippen LogP contribution in [0, 0.1) is 5.92 Å². The molecule has 1 aromatic heterocycles. The van der Waals surface area contributed by atoms with Gasteiger partial charge in [0.1, 0.15) is 5.82 Å². The number of nitrogens with one attached hydrogen (secondary N) is 1. The summed E-state index contributed by atoms with van der Waals surface area (Å²) in [4.78, 5) is 27.0. The van der Waals surface area contributed by atoms with E-state index in [1.165, 1.54) is 0 Å². The topological polar surface area (TPSA) is 67.2 Å². The molecular weight excluding hydrogens is 408 g/mol. The van der Waals surface area contributed by atoms with Gasteiger partial charge in [-0.3, -0.25) is 9.59 Å². The Morgan fingerprint density at radius 3 is 2.56 bits per heavy atom. The summed E-state index contributed by atoms with van der Waals surface area (Å²) in [6.07, 6.45) is 5.18. The highest BCUT2D eigenvalue weighted by molar-refractivity contribution is 9.10. The summed E-state index contributed by atoms with van der Waals surface area (Å²) in [6.45, 7) is 4.13. The molecule has 1 aliphatic heterocycles. The molecule has 2 amide bonds. The fourth-order valence-electron chi connectivity index (χ4n) is 3.27. The average molecular weight is 433 g/mol. The van der Waals surface area contributed by atoms with E-state index in [0.29, 0.717) is 31.5 Å². The summed E-state index contributed by atoms with van der Waals surface area (Å²) in [6, 6.07) is 9.22. The van der Waals surface area contributed by atoms with E-state index in [2.05, 4.69) is 33.3 Å². The van der Waals surface area contributed by atoms with Gasteiger partial charge in [0.05, 0.1) is 6.20 Å². The van der Waals surface area contributed by atoms with Crippen molar-refractivity contribution in [3.05, 3.63) is 46.6 Å². The predicted octanol–water partition coefficient (Wildman–Crippen LogP) is 3.94. The van der Waals surface area contributed by atoms with Crippen molar-refractivity contribution >= 4 is 33.6 Å². The fourth-order valence-corrected chi connectivity index (χ4v) is 3.54. The van der Waals surface area contributed by atoms with Crippen molar-refractivity contribution in [1.82, 2.24) is 14.7 Å². The molecule has 6 nitrogen and oxygen atoms in total. The quantitative estimate of drug-likeness (QED) is 0.751. The molecule has 1 saturated heterocycles. The van der Waals surface area contributed by atoms with Gasteiger partial charge in [-0.05, 0) is 43.5 Å². The monoisotopic (exact) mass is 432 g/mol. The largest absolute Gasteiger partial charge is 0.339 e. The Morgan fingerprint density at radius 1 is 1.19 bits per heavy atom. The average Bonchev–Trinajstić information content (AvgIpc) is 3.13. The molecule has 1 aliphatic rings. The minimum atomic E-state index is -0.0755. The third-order valence-corrected chi connectivity index (χ3v) is 5.46. The van der Waals surface area contributed by atoms with E-state index in [4.69, 9.17) is 0 Å². The van der Waals surface area contributed by atoms with Gasteiger partial charge in [-0.1, -0.05) is 29.3 Å². The summed E-state index contributed by atoms with van der Waals surface area (Å²) in [7, 11) is 0. The molecular formula is C20H25BrN4O2. The van der Waals surface area contributed by atoms with Gasteiger partial charge in [0.2, 0.25) is 5.91 Å². The number of anilines is 1. The Morgan fingerprint density at radius 2 is 1.89 bits per heavy atom. The smallest absolute Gasteiger partial charge is 0.253 e. The number of nitrogens with zero attached hydrogens (tertiary/aromatic N) is 3. The van der Waals surface area contributed by atoms with Crippen LogP contribution in [0.15, 0.2) is 41.0 Å². The Hall–Kier alpha value is -2.15. The molecule has 0 unspecified atom stereocenters. The van der Waals surface area contributed by atoms with E-state index < -0.39 is 0 Å². The fraction of sp³-hybridized carbons (Fsp3) is 0.450. The SMILES string of the molecule is CCCCn1nccc1NC(=O)C1CCN(C(=O)c2ccc(Br)cc2)CC1. The van der Waals surface area contributed by atoms with Gasteiger partial charge in [-0.25, -0.2) is 4.68 Å². The van der Waals surface area contributed by atoms with Crippen LogP contribution in [0.2, 0.25) is 0 Å². The number of aryl methyl sites for hydroxylation is 1. The van der Waals surface area contributed by atoms with E-state index in [1.807, 2.05) is 39.9 Å². The number of carbonyl (C=O) groups excluding carboxylic acids is 2. The molecule has 1 N–H and O–H groups in total. The summed E-state index contributed by atoms with van der Waals surface area (Å²) in [5.74, 6) is 0.721. The van der Waals surface area contributed by atoms with Crippen LogP contribution in [0.25, 0.3) is 0 Å². The maximum Gasteiger partial charge on any atom is 0.253 e. The maximum absolute atomic E-state index is 12.6. The first kappa shape index (κ1) is 19.6. The van der Waals surface area contributed by atoms with E-state index >= 15 is 0 Å². The molecule has 2 aromatic rings. The van der Waals surface area contributed by atoms with E-state index in [0.717, 1.165) is 29.7 Å². The van der Waals surface area contributed by atoms with Crippen molar-refractivity contribution < 1.29 is 9.59 Å². The van der Waals surface area contributed by atoms with Crippen LogP contribution in [0.4, 0.5) is 5.82 Å². The van der Waals surface area contributed by atoms with Gasteiger partial charge >= 0.3 is 0 Å².